The lowest BCUT2D eigenvalue weighted by molar-refractivity contribution is 0.101. The molecule has 1 aliphatic rings. The van der Waals surface area contributed by atoms with Gasteiger partial charge in [-0.05, 0) is 24.0 Å². The summed E-state index contributed by atoms with van der Waals surface area (Å²) in [4.78, 5) is 0. The Labute approximate surface area is 137 Å². The second-order valence-electron chi connectivity index (χ2n) is 7.07. The van der Waals surface area contributed by atoms with Crippen LogP contribution in [0.4, 0.5) is 0 Å². The van der Waals surface area contributed by atoms with Crippen LogP contribution in [0.1, 0.15) is 53.0 Å². The zero-order valence-electron chi connectivity index (χ0n) is 15.1. The van der Waals surface area contributed by atoms with Crippen molar-refractivity contribution in [1.82, 2.24) is 0 Å². The van der Waals surface area contributed by atoms with Gasteiger partial charge >= 0.3 is 0 Å². The molecule has 22 heavy (non-hydrogen) atoms. The van der Waals surface area contributed by atoms with Gasteiger partial charge in [0.1, 0.15) is 14.2 Å². The molecule has 0 spiro atoms. The van der Waals surface area contributed by atoms with Gasteiger partial charge in [0.25, 0.3) is 0 Å². The largest absolute Gasteiger partial charge is 0.499 e. The van der Waals surface area contributed by atoms with Crippen LogP contribution >= 0.6 is 0 Å². The van der Waals surface area contributed by atoms with E-state index in [2.05, 4.69) is 71.9 Å². The maximum atomic E-state index is 6.68. The van der Waals surface area contributed by atoms with Crippen molar-refractivity contribution in [3.8, 4) is 0 Å². The number of rotatable bonds is 6. The van der Waals surface area contributed by atoms with Crippen LogP contribution in [-0.4, -0.2) is 14.2 Å². The van der Waals surface area contributed by atoms with Crippen LogP contribution in [0.2, 0.25) is 18.1 Å². The average Bonchev–Trinajstić information content (AvgIpc) is 2.89. The van der Waals surface area contributed by atoms with Crippen LogP contribution in [0, 0.1) is 5.92 Å². The van der Waals surface area contributed by atoms with E-state index in [1.807, 2.05) is 0 Å². The summed E-state index contributed by atoms with van der Waals surface area (Å²) >= 11 is 0. The molecule has 0 saturated heterocycles. The molecule has 1 heterocycles. The fourth-order valence-electron chi connectivity index (χ4n) is 4.08. The van der Waals surface area contributed by atoms with Crippen molar-refractivity contribution < 1.29 is 4.74 Å². The predicted octanol–water partition coefficient (Wildman–Crippen LogP) is 6.15. The topological polar surface area (TPSA) is 9.23 Å². The van der Waals surface area contributed by atoms with Crippen molar-refractivity contribution in [2.45, 2.75) is 71.7 Å². The molecule has 0 amide bonds. The van der Waals surface area contributed by atoms with Gasteiger partial charge in [0.05, 0.1) is 5.38 Å². The molecule has 1 aromatic rings. The minimum Gasteiger partial charge on any atom is -0.499 e. The molecular weight excluding hydrogens is 284 g/mol. The highest BCUT2D eigenvalue weighted by atomic mass is 28.3. The second-order valence-corrected chi connectivity index (χ2v) is 12.2. The first kappa shape index (κ1) is 17.3. The molecule has 1 nitrogen and oxygen atoms in total. The highest BCUT2D eigenvalue weighted by Gasteiger charge is 2.45. The average molecular weight is 317 g/mol. The summed E-state index contributed by atoms with van der Waals surface area (Å²) in [7, 11) is -1.45. The zero-order valence-corrected chi connectivity index (χ0v) is 16.1. The molecule has 0 radical (unpaired) electrons. The summed E-state index contributed by atoms with van der Waals surface area (Å²) in [6, 6.07) is 14.8. The van der Waals surface area contributed by atoms with Gasteiger partial charge in [-0.25, -0.2) is 0 Å². The van der Waals surface area contributed by atoms with Crippen LogP contribution in [0.5, 0.6) is 0 Å². The monoisotopic (exact) mass is 316 g/mol. The van der Waals surface area contributed by atoms with Gasteiger partial charge in [-0.1, -0.05) is 83.1 Å². The molecule has 0 fully saturated rings. The van der Waals surface area contributed by atoms with Crippen molar-refractivity contribution in [3.63, 3.8) is 0 Å². The van der Waals surface area contributed by atoms with Crippen LogP contribution < -0.4 is 0 Å². The van der Waals surface area contributed by atoms with E-state index in [0.29, 0.717) is 17.9 Å². The molecule has 0 aliphatic carbocycles. The van der Waals surface area contributed by atoms with Gasteiger partial charge in [0.2, 0.25) is 0 Å². The Morgan fingerprint density at radius 3 is 2.00 bits per heavy atom. The van der Waals surface area contributed by atoms with E-state index in [0.717, 1.165) is 0 Å². The third-order valence-corrected chi connectivity index (χ3v) is 11.3. The van der Waals surface area contributed by atoms with Gasteiger partial charge in [0.15, 0.2) is 0 Å². The first-order valence-corrected chi connectivity index (χ1v) is 11.6. The molecule has 0 aromatic heterocycles. The Morgan fingerprint density at radius 2 is 1.55 bits per heavy atom. The third-order valence-electron chi connectivity index (χ3n) is 5.73. The molecule has 0 bridgehead atoms. The van der Waals surface area contributed by atoms with Gasteiger partial charge < -0.3 is 4.74 Å². The van der Waals surface area contributed by atoms with Crippen molar-refractivity contribution in [1.29, 1.82) is 0 Å². The molecule has 2 heteroatoms. The molecule has 1 aromatic carbocycles. The predicted molar refractivity (Wildman–Crippen MR) is 98.8 cm³/mol. The lowest BCUT2D eigenvalue weighted by atomic mass is 9.84. The summed E-state index contributed by atoms with van der Waals surface area (Å²) in [5, 5.41) is 1.42. The maximum absolute atomic E-state index is 6.68. The van der Waals surface area contributed by atoms with E-state index in [1.54, 1.807) is 0 Å². The van der Waals surface area contributed by atoms with E-state index in [-0.39, 0.29) is 0 Å². The van der Waals surface area contributed by atoms with Gasteiger partial charge in [-0.2, -0.15) is 0 Å². The normalized spacial score (nSPS) is 22.3. The fraction of sp³-hybridized carbons (Fsp3) is 0.600. The highest BCUT2D eigenvalue weighted by molar-refractivity contribution is 6.86. The van der Waals surface area contributed by atoms with E-state index < -0.39 is 8.07 Å². The summed E-state index contributed by atoms with van der Waals surface area (Å²) in [6.07, 6.45) is 0.300. The molecule has 0 unspecified atom stereocenters. The van der Waals surface area contributed by atoms with Crippen LogP contribution in [0.3, 0.4) is 0 Å². The second kappa shape index (κ2) is 7.04. The molecule has 2 atom stereocenters. The quantitative estimate of drug-likeness (QED) is 0.572. The molecule has 0 saturated carbocycles. The van der Waals surface area contributed by atoms with Gasteiger partial charge in [-0.3, -0.25) is 0 Å². The van der Waals surface area contributed by atoms with Crippen LogP contribution in [0.15, 0.2) is 41.3 Å². The summed E-state index contributed by atoms with van der Waals surface area (Å²) < 4.78 is 6.68. The summed E-state index contributed by atoms with van der Waals surface area (Å²) in [5.74, 6) is 0.975. The zero-order chi connectivity index (χ0) is 16.3. The van der Waals surface area contributed by atoms with Crippen molar-refractivity contribution in [2.75, 3.05) is 0 Å². The minimum absolute atomic E-state index is 0.300. The fourth-order valence-corrected chi connectivity index (χ4v) is 7.92. The van der Waals surface area contributed by atoms with E-state index >= 15 is 0 Å². The Balaban J connectivity index is 2.50. The number of hydrogen-bond acceptors (Lipinski definition) is 1. The van der Waals surface area contributed by atoms with E-state index in [4.69, 9.17) is 4.74 Å². The first-order chi connectivity index (χ1) is 10.5. The Hall–Kier alpha value is -1.02. The van der Waals surface area contributed by atoms with E-state index in [1.165, 1.54) is 34.7 Å². The summed E-state index contributed by atoms with van der Waals surface area (Å²) in [6.45, 7) is 14.0. The molecular formula is C20H32OSi. The van der Waals surface area contributed by atoms with Gasteiger partial charge in [-0.15, -0.1) is 0 Å². The Bertz CT molecular complexity index is 506. The van der Waals surface area contributed by atoms with Gasteiger partial charge in [0, 0.05) is 5.92 Å². The SMILES string of the molecule is CC[Si](CC)(CC)C1=C(C)[C@@H](c2ccccc2)[C@H](C(C)C)O1. The maximum Gasteiger partial charge on any atom is 0.130 e. The summed E-state index contributed by atoms with van der Waals surface area (Å²) in [5.41, 5.74) is 2.93. The number of benzene rings is 1. The van der Waals surface area contributed by atoms with Crippen LogP contribution in [-0.2, 0) is 4.74 Å². The minimum atomic E-state index is -1.45. The van der Waals surface area contributed by atoms with Crippen molar-refractivity contribution >= 4 is 8.07 Å². The molecule has 0 N–H and O–H groups in total. The first-order valence-electron chi connectivity index (χ1n) is 8.93. The lowest BCUT2D eigenvalue weighted by Crippen LogP contribution is -2.36. The smallest absolute Gasteiger partial charge is 0.130 e. The molecule has 1 aliphatic heterocycles. The molecule has 122 valence electrons. The Kier molecular flexibility index (Phi) is 5.54. The number of ether oxygens (including phenoxy) is 1. The van der Waals surface area contributed by atoms with E-state index in [9.17, 15) is 0 Å². The van der Waals surface area contributed by atoms with Crippen molar-refractivity contribution in [2.24, 2.45) is 5.92 Å². The third kappa shape index (κ3) is 2.90. The highest BCUT2D eigenvalue weighted by Crippen LogP contribution is 2.47. The lowest BCUT2D eigenvalue weighted by Gasteiger charge is -2.31. The Morgan fingerprint density at radius 1 is 1.00 bits per heavy atom. The van der Waals surface area contributed by atoms with Crippen LogP contribution in [0.25, 0.3) is 0 Å². The standard InChI is InChI=1S/C20H32OSi/c1-7-22(8-2,9-3)20-16(6)18(19(21-20)15(4)5)17-13-11-10-12-14-17/h10-15,18-19H,7-9H2,1-6H3/t18-,19-/m0/s1. The number of hydrogen-bond donors (Lipinski definition) is 0. The van der Waals surface area contributed by atoms with Crippen molar-refractivity contribution in [3.05, 3.63) is 46.9 Å². The molecule has 2 rings (SSSR count).